The number of carboxylic acid groups (broad SMARTS) is 1. The summed E-state index contributed by atoms with van der Waals surface area (Å²) in [6.07, 6.45) is 0.547. The molecule has 1 heterocycles. The van der Waals surface area contributed by atoms with Gasteiger partial charge in [-0.05, 0) is 19.8 Å². The van der Waals surface area contributed by atoms with Gasteiger partial charge in [0.15, 0.2) is 0 Å². The summed E-state index contributed by atoms with van der Waals surface area (Å²) in [7, 11) is 1.23. The van der Waals surface area contributed by atoms with Crippen LogP contribution in [0, 0.1) is 5.92 Å². The normalized spacial score (nSPS) is 23.7. The van der Waals surface area contributed by atoms with Crippen LogP contribution >= 0.6 is 0 Å². The highest BCUT2D eigenvalue weighted by molar-refractivity contribution is 5.85. The van der Waals surface area contributed by atoms with Gasteiger partial charge < -0.3 is 19.9 Å². The van der Waals surface area contributed by atoms with Gasteiger partial charge in [-0.2, -0.15) is 0 Å². The van der Waals surface area contributed by atoms with Crippen LogP contribution < -0.4 is 5.32 Å². The minimum atomic E-state index is -1.16. The van der Waals surface area contributed by atoms with Crippen LogP contribution in [0.5, 0.6) is 0 Å². The van der Waals surface area contributed by atoms with Crippen molar-refractivity contribution in [3.05, 3.63) is 0 Å². The van der Waals surface area contributed by atoms with E-state index in [-0.39, 0.29) is 30.8 Å². The molecular formula is C12H19NO6. The first kappa shape index (κ1) is 15.4. The Labute approximate surface area is 111 Å². The van der Waals surface area contributed by atoms with Gasteiger partial charge in [0, 0.05) is 6.42 Å². The summed E-state index contributed by atoms with van der Waals surface area (Å²) in [6.45, 7) is 2.16. The van der Waals surface area contributed by atoms with Crippen LogP contribution in [0.2, 0.25) is 0 Å². The summed E-state index contributed by atoms with van der Waals surface area (Å²) in [5.41, 5.74) is 0. The molecule has 0 saturated carbocycles. The van der Waals surface area contributed by atoms with Crippen molar-refractivity contribution in [1.29, 1.82) is 0 Å². The van der Waals surface area contributed by atoms with E-state index in [0.717, 1.165) is 0 Å². The molecule has 0 aromatic carbocycles. The molecule has 0 spiro atoms. The fraction of sp³-hybridized carbons (Fsp3) is 0.750. The molecule has 3 atom stereocenters. The zero-order chi connectivity index (χ0) is 14.4. The van der Waals surface area contributed by atoms with Crippen LogP contribution in [0.4, 0.5) is 0 Å². The van der Waals surface area contributed by atoms with Gasteiger partial charge in [-0.25, -0.2) is 4.79 Å². The molecule has 0 bridgehead atoms. The van der Waals surface area contributed by atoms with Crippen molar-refractivity contribution in [3.8, 4) is 0 Å². The van der Waals surface area contributed by atoms with Crippen molar-refractivity contribution in [1.82, 2.24) is 5.32 Å². The Kier molecular flexibility index (Phi) is 5.75. The maximum absolute atomic E-state index is 11.8. The highest BCUT2D eigenvalue weighted by atomic mass is 16.5. The lowest BCUT2D eigenvalue weighted by Gasteiger charge is -2.16. The molecule has 108 valence electrons. The topological polar surface area (TPSA) is 102 Å². The first-order valence-corrected chi connectivity index (χ1v) is 6.15. The zero-order valence-electron chi connectivity index (χ0n) is 11.0. The molecule has 2 N–H and O–H groups in total. The van der Waals surface area contributed by atoms with E-state index in [9.17, 15) is 14.4 Å². The molecule has 1 amide bonds. The third-order valence-corrected chi connectivity index (χ3v) is 3.05. The Balaban J connectivity index is 2.46. The molecule has 3 unspecified atom stereocenters. The second kappa shape index (κ2) is 7.08. The predicted molar refractivity (Wildman–Crippen MR) is 64.3 cm³/mol. The largest absolute Gasteiger partial charge is 0.480 e. The maximum atomic E-state index is 11.8. The average Bonchev–Trinajstić information content (AvgIpc) is 2.80. The van der Waals surface area contributed by atoms with Crippen molar-refractivity contribution in [3.63, 3.8) is 0 Å². The van der Waals surface area contributed by atoms with Crippen LogP contribution in [0.15, 0.2) is 0 Å². The number of nitrogens with one attached hydrogen (secondary N) is 1. The molecule has 0 aromatic rings. The second-order valence-corrected chi connectivity index (χ2v) is 4.59. The van der Waals surface area contributed by atoms with Crippen molar-refractivity contribution in [2.45, 2.75) is 38.3 Å². The molecule has 0 aliphatic carbocycles. The number of amides is 1. The van der Waals surface area contributed by atoms with E-state index in [1.165, 1.54) is 7.11 Å². The van der Waals surface area contributed by atoms with E-state index in [4.69, 9.17) is 9.84 Å². The van der Waals surface area contributed by atoms with Crippen LogP contribution in [0.1, 0.15) is 26.2 Å². The van der Waals surface area contributed by atoms with Crippen LogP contribution in [0.25, 0.3) is 0 Å². The molecule has 1 aliphatic heterocycles. The number of ether oxygens (including phenoxy) is 2. The Bertz CT molecular complexity index is 356. The molecule has 1 rings (SSSR count). The number of aliphatic carboxylic acids is 1. The fourth-order valence-corrected chi connectivity index (χ4v) is 1.91. The number of esters is 1. The van der Waals surface area contributed by atoms with Crippen LogP contribution in [-0.2, 0) is 23.9 Å². The van der Waals surface area contributed by atoms with Gasteiger partial charge in [-0.3, -0.25) is 9.59 Å². The van der Waals surface area contributed by atoms with Gasteiger partial charge in [-0.1, -0.05) is 0 Å². The lowest BCUT2D eigenvalue weighted by molar-refractivity contribution is -0.144. The number of hydrogen-bond acceptors (Lipinski definition) is 5. The monoisotopic (exact) mass is 273 g/mol. The molecule has 1 fully saturated rings. The highest BCUT2D eigenvalue weighted by Crippen LogP contribution is 2.19. The Morgan fingerprint density at radius 1 is 1.47 bits per heavy atom. The molecular weight excluding hydrogens is 254 g/mol. The van der Waals surface area contributed by atoms with Gasteiger partial charge >= 0.3 is 11.9 Å². The molecule has 19 heavy (non-hydrogen) atoms. The summed E-state index contributed by atoms with van der Waals surface area (Å²) in [5.74, 6) is -2.33. The van der Waals surface area contributed by atoms with Crippen molar-refractivity contribution >= 4 is 17.8 Å². The molecule has 1 aliphatic rings. The van der Waals surface area contributed by atoms with Gasteiger partial charge in [0.1, 0.15) is 6.04 Å². The Morgan fingerprint density at radius 2 is 2.16 bits per heavy atom. The van der Waals surface area contributed by atoms with Gasteiger partial charge in [0.25, 0.3) is 0 Å². The van der Waals surface area contributed by atoms with E-state index in [1.54, 1.807) is 0 Å². The molecule has 0 radical (unpaired) electrons. The fourth-order valence-electron chi connectivity index (χ4n) is 1.91. The summed E-state index contributed by atoms with van der Waals surface area (Å²) in [4.78, 5) is 33.8. The van der Waals surface area contributed by atoms with E-state index in [1.807, 2.05) is 6.92 Å². The minimum absolute atomic E-state index is 0.00842. The SMILES string of the molecule is COC(=O)CCC(NC(=O)C1COC(C)C1)C(=O)O. The van der Waals surface area contributed by atoms with E-state index < -0.39 is 18.0 Å². The number of carbonyl (C=O) groups excluding carboxylic acids is 2. The van der Waals surface area contributed by atoms with Crippen molar-refractivity contribution in [2.24, 2.45) is 5.92 Å². The minimum Gasteiger partial charge on any atom is -0.480 e. The Hall–Kier alpha value is -1.63. The molecule has 0 aromatic heterocycles. The van der Waals surface area contributed by atoms with Gasteiger partial charge in [0.05, 0.1) is 25.7 Å². The van der Waals surface area contributed by atoms with Crippen molar-refractivity contribution in [2.75, 3.05) is 13.7 Å². The standard InChI is InChI=1S/C12H19NO6/c1-7-5-8(6-19-7)11(15)13-9(12(16)17)3-4-10(14)18-2/h7-9H,3-6H2,1-2H3,(H,13,15)(H,16,17). The van der Waals surface area contributed by atoms with E-state index >= 15 is 0 Å². The summed E-state index contributed by atoms with van der Waals surface area (Å²) in [6, 6.07) is -1.08. The number of carbonyl (C=O) groups is 3. The van der Waals surface area contributed by atoms with E-state index in [0.29, 0.717) is 13.0 Å². The summed E-state index contributed by atoms with van der Waals surface area (Å²) < 4.78 is 9.70. The van der Waals surface area contributed by atoms with E-state index in [2.05, 4.69) is 10.1 Å². The van der Waals surface area contributed by atoms with Gasteiger partial charge in [-0.15, -0.1) is 0 Å². The average molecular weight is 273 g/mol. The molecule has 7 heteroatoms. The number of methoxy groups -OCH3 is 1. The number of rotatable bonds is 6. The third-order valence-electron chi connectivity index (χ3n) is 3.05. The highest BCUT2D eigenvalue weighted by Gasteiger charge is 2.31. The lowest BCUT2D eigenvalue weighted by Crippen LogP contribution is -2.44. The second-order valence-electron chi connectivity index (χ2n) is 4.59. The summed E-state index contributed by atoms with van der Waals surface area (Å²) >= 11 is 0. The lowest BCUT2D eigenvalue weighted by atomic mass is 10.0. The van der Waals surface area contributed by atoms with Crippen LogP contribution in [-0.4, -0.2) is 48.8 Å². The quantitative estimate of drug-likeness (QED) is 0.657. The predicted octanol–water partition coefficient (Wildman–Crippen LogP) is -0.0660. The maximum Gasteiger partial charge on any atom is 0.326 e. The van der Waals surface area contributed by atoms with Crippen LogP contribution in [0.3, 0.4) is 0 Å². The molecule has 1 saturated heterocycles. The zero-order valence-corrected chi connectivity index (χ0v) is 11.0. The van der Waals surface area contributed by atoms with Gasteiger partial charge in [0.2, 0.25) is 5.91 Å². The molecule has 7 nitrogen and oxygen atoms in total. The van der Waals surface area contributed by atoms with Crippen molar-refractivity contribution < 1.29 is 29.0 Å². The first-order valence-electron chi connectivity index (χ1n) is 6.15. The number of carboxylic acids is 1. The smallest absolute Gasteiger partial charge is 0.326 e. The number of hydrogen-bond donors (Lipinski definition) is 2. The Morgan fingerprint density at radius 3 is 2.63 bits per heavy atom. The first-order chi connectivity index (χ1) is 8.93. The summed E-state index contributed by atoms with van der Waals surface area (Å²) in [5, 5.41) is 11.4. The third kappa shape index (κ3) is 4.86.